The third kappa shape index (κ3) is 8.07. The number of rotatable bonds is 10. The van der Waals surface area contributed by atoms with E-state index in [4.69, 9.17) is 14.2 Å². The minimum atomic E-state index is -0.0474. The van der Waals surface area contributed by atoms with Gasteiger partial charge in [0.25, 0.3) is 0 Å². The third-order valence-corrected chi connectivity index (χ3v) is 6.64. The van der Waals surface area contributed by atoms with E-state index in [0.29, 0.717) is 30.3 Å². The summed E-state index contributed by atoms with van der Waals surface area (Å²) < 4.78 is 18.3. The Morgan fingerprint density at radius 1 is 1.00 bits per heavy atom. The summed E-state index contributed by atoms with van der Waals surface area (Å²) in [5, 5.41) is 0. The Morgan fingerprint density at radius 3 is 2.35 bits per heavy atom. The van der Waals surface area contributed by atoms with Gasteiger partial charge in [0, 0.05) is 25.4 Å². The quantitative estimate of drug-likeness (QED) is 0.424. The maximum absolute atomic E-state index is 6.38. The molecule has 0 bridgehead atoms. The first-order valence-corrected chi connectivity index (χ1v) is 12.5. The van der Waals surface area contributed by atoms with E-state index in [-0.39, 0.29) is 5.60 Å². The van der Waals surface area contributed by atoms with Crippen LogP contribution in [-0.2, 0) is 20.6 Å². The molecule has 1 heterocycles. The number of hydrogen-bond donors (Lipinski definition) is 0. The summed E-state index contributed by atoms with van der Waals surface area (Å²) >= 11 is 0. The van der Waals surface area contributed by atoms with E-state index in [2.05, 4.69) is 70.7 Å². The number of nitrogens with zero attached hydrogens (tertiary/aromatic N) is 1. The SMILES string of the molecule is CC(C)[C@H](C)OC1CC(OC2CCN(c3cccc(CCCOC(C)(C)C)c3)CC2)C1. The van der Waals surface area contributed by atoms with Gasteiger partial charge in [0.05, 0.1) is 30.0 Å². The van der Waals surface area contributed by atoms with Crippen molar-refractivity contribution in [3.8, 4) is 0 Å². The maximum atomic E-state index is 6.38. The predicted octanol–water partition coefficient (Wildman–Crippen LogP) is 6.01. The molecule has 31 heavy (non-hydrogen) atoms. The molecule has 4 heteroatoms. The zero-order valence-corrected chi connectivity index (χ0v) is 20.7. The average Bonchev–Trinajstić information content (AvgIpc) is 2.69. The fourth-order valence-corrected chi connectivity index (χ4v) is 4.29. The molecule has 1 saturated carbocycles. The van der Waals surface area contributed by atoms with Crippen molar-refractivity contribution < 1.29 is 14.2 Å². The summed E-state index contributed by atoms with van der Waals surface area (Å²) in [7, 11) is 0. The van der Waals surface area contributed by atoms with Crippen LogP contribution in [0.5, 0.6) is 0 Å². The Bertz CT molecular complexity index is 655. The number of ether oxygens (including phenoxy) is 3. The summed E-state index contributed by atoms with van der Waals surface area (Å²) in [4.78, 5) is 2.52. The molecule has 4 nitrogen and oxygen atoms in total. The highest BCUT2D eigenvalue weighted by atomic mass is 16.5. The molecule has 1 atom stereocenters. The van der Waals surface area contributed by atoms with Gasteiger partial charge in [-0.1, -0.05) is 26.0 Å². The summed E-state index contributed by atoms with van der Waals surface area (Å²) in [5.41, 5.74) is 2.71. The first-order valence-electron chi connectivity index (χ1n) is 12.5. The minimum absolute atomic E-state index is 0.0474. The van der Waals surface area contributed by atoms with E-state index in [1.807, 2.05) is 0 Å². The Balaban J connectivity index is 1.35. The largest absolute Gasteiger partial charge is 0.376 e. The van der Waals surface area contributed by atoms with Crippen LogP contribution in [0.15, 0.2) is 24.3 Å². The molecule has 0 unspecified atom stereocenters. The number of hydrogen-bond acceptors (Lipinski definition) is 4. The van der Waals surface area contributed by atoms with E-state index >= 15 is 0 Å². The van der Waals surface area contributed by atoms with Gasteiger partial charge < -0.3 is 19.1 Å². The van der Waals surface area contributed by atoms with E-state index in [1.54, 1.807) is 0 Å². The predicted molar refractivity (Wildman–Crippen MR) is 129 cm³/mol. The van der Waals surface area contributed by atoms with Crippen LogP contribution in [0, 0.1) is 5.92 Å². The van der Waals surface area contributed by atoms with Gasteiger partial charge in [0.15, 0.2) is 0 Å². The molecule has 3 rings (SSSR count). The number of anilines is 1. The second-order valence-electron chi connectivity index (χ2n) is 10.9. The highest BCUT2D eigenvalue weighted by Crippen LogP contribution is 2.32. The Morgan fingerprint density at radius 2 is 1.71 bits per heavy atom. The maximum Gasteiger partial charge on any atom is 0.0628 e. The van der Waals surface area contributed by atoms with Gasteiger partial charge >= 0.3 is 0 Å². The van der Waals surface area contributed by atoms with Crippen LogP contribution in [0.2, 0.25) is 0 Å². The molecule has 0 radical (unpaired) electrons. The molecule has 1 aliphatic carbocycles. The number of benzene rings is 1. The monoisotopic (exact) mass is 431 g/mol. The first-order chi connectivity index (χ1) is 14.7. The molecule has 0 amide bonds. The van der Waals surface area contributed by atoms with Crippen molar-refractivity contribution in [1.29, 1.82) is 0 Å². The van der Waals surface area contributed by atoms with Crippen molar-refractivity contribution in [2.75, 3.05) is 24.6 Å². The highest BCUT2D eigenvalue weighted by molar-refractivity contribution is 5.49. The van der Waals surface area contributed by atoms with Crippen LogP contribution in [0.3, 0.4) is 0 Å². The number of aryl methyl sites for hydroxylation is 1. The fourth-order valence-electron chi connectivity index (χ4n) is 4.29. The molecule has 1 saturated heterocycles. The minimum Gasteiger partial charge on any atom is -0.376 e. The van der Waals surface area contributed by atoms with Crippen molar-refractivity contribution in [3.05, 3.63) is 29.8 Å². The fraction of sp³-hybridized carbons (Fsp3) is 0.778. The lowest BCUT2D eigenvalue weighted by Crippen LogP contribution is -2.44. The van der Waals surface area contributed by atoms with Crippen LogP contribution >= 0.6 is 0 Å². The molecular weight excluding hydrogens is 386 g/mol. The van der Waals surface area contributed by atoms with Crippen LogP contribution in [-0.4, -0.2) is 49.7 Å². The van der Waals surface area contributed by atoms with Gasteiger partial charge in [-0.15, -0.1) is 0 Å². The van der Waals surface area contributed by atoms with Crippen molar-refractivity contribution >= 4 is 5.69 Å². The standard InChI is InChI=1S/C27H45NO3/c1-20(2)21(3)30-25-18-26(19-25)31-24-12-14-28(15-13-24)23-11-7-9-22(17-23)10-8-16-29-27(4,5)6/h7,9,11,17,20-21,24-26H,8,10,12-16,18-19H2,1-6H3/t21-,25?,26?/m0/s1. The molecule has 2 aliphatic rings. The van der Waals surface area contributed by atoms with Crippen LogP contribution in [0.1, 0.15) is 79.2 Å². The van der Waals surface area contributed by atoms with Gasteiger partial charge in [-0.05, 0) is 89.8 Å². The van der Waals surface area contributed by atoms with Gasteiger partial charge in [0.2, 0.25) is 0 Å². The molecule has 0 N–H and O–H groups in total. The first kappa shape index (κ1) is 24.5. The highest BCUT2D eigenvalue weighted by Gasteiger charge is 2.34. The van der Waals surface area contributed by atoms with E-state index in [0.717, 1.165) is 58.2 Å². The Hall–Kier alpha value is -1.10. The van der Waals surface area contributed by atoms with Crippen molar-refractivity contribution in [1.82, 2.24) is 0 Å². The van der Waals surface area contributed by atoms with Gasteiger partial charge in [-0.3, -0.25) is 0 Å². The smallest absolute Gasteiger partial charge is 0.0628 e. The zero-order valence-electron chi connectivity index (χ0n) is 20.7. The van der Waals surface area contributed by atoms with E-state index < -0.39 is 0 Å². The Labute approximate surface area is 190 Å². The number of piperidine rings is 1. The zero-order chi connectivity index (χ0) is 22.4. The lowest BCUT2D eigenvalue weighted by molar-refractivity contribution is -0.150. The molecular formula is C27H45NO3. The molecule has 0 spiro atoms. The van der Waals surface area contributed by atoms with Crippen molar-refractivity contribution in [3.63, 3.8) is 0 Å². The molecule has 1 aromatic rings. The van der Waals surface area contributed by atoms with E-state index in [9.17, 15) is 0 Å². The summed E-state index contributed by atoms with van der Waals surface area (Å²) in [6, 6.07) is 9.05. The van der Waals surface area contributed by atoms with Crippen molar-refractivity contribution in [2.24, 2.45) is 5.92 Å². The molecule has 176 valence electrons. The second-order valence-corrected chi connectivity index (χ2v) is 10.9. The van der Waals surface area contributed by atoms with Crippen LogP contribution in [0.25, 0.3) is 0 Å². The molecule has 2 fully saturated rings. The topological polar surface area (TPSA) is 30.9 Å². The normalized spacial score (nSPS) is 23.8. The van der Waals surface area contributed by atoms with Gasteiger partial charge in [0.1, 0.15) is 0 Å². The van der Waals surface area contributed by atoms with Crippen LogP contribution in [0.4, 0.5) is 5.69 Å². The van der Waals surface area contributed by atoms with Crippen LogP contribution < -0.4 is 4.90 Å². The average molecular weight is 432 g/mol. The Kier molecular flexibility index (Phi) is 8.83. The summed E-state index contributed by atoms with van der Waals surface area (Å²) in [6.45, 7) is 16.0. The lowest BCUT2D eigenvalue weighted by Gasteiger charge is -2.41. The van der Waals surface area contributed by atoms with Gasteiger partial charge in [-0.2, -0.15) is 0 Å². The second kappa shape index (κ2) is 11.2. The molecule has 0 aromatic heterocycles. The molecule has 1 aliphatic heterocycles. The molecule has 1 aromatic carbocycles. The summed E-state index contributed by atoms with van der Waals surface area (Å²) in [6.07, 6.45) is 8.07. The van der Waals surface area contributed by atoms with Gasteiger partial charge in [-0.25, -0.2) is 0 Å². The van der Waals surface area contributed by atoms with E-state index in [1.165, 1.54) is 11.3 Å². The lowest BCUT2D eigenvalue weighted by atomic mass is 9.90. The summed E-state index contributed by atoms with van der Waals surface area (Å²) in [5.74, 6) is 0.583. The third-order valence-electron chi connectivity index (χ3n) is 6.64. The van der Waals surface area contributed by atoms with Crippen molar-refractivity contribution in [2.45, 2.75) is 110 Å².